The van der Waals surface area contributed by atoms with E-state index in [2.05, 4.69) is 18.7 Å². The number of methoxy groups -OCH3 is 1. The first-order valence-corrected chi connectivity index (χ1v) is 6.60. The molecule has 1 aliphatic rings. The average Bonchev–Trinajstić information content (AvgIpc) is 3.09. The summed E-state index contributed by atoms with van der Waals surface area (Å²) < 4.78 is 5.21. The molecule has 0 amide bonds. The second kappa shape index (κ2) is 6.58. The molecule has 3 nitrogen and oxygen atoms in total. The number of hydrogen-bond acceptors (Lipinski definition) is 3. The summed E-state index contributed by atoms with van der Waals surface area (Å²) in [5.41, 5.74) is 6.10. The molecule has 0 spiro atoms. The van der Waals surface area contributed by atoms with E-state index in [4.69, 9.17) is 10.5 Å². The van der Waals surface area contributed by atoms with E-state index in [0.29, 0.717) is 0 Å². The Balaban J connectivity index is 2.53. The van der Waals surface area contributed by atoms with Crippen molar-refractivity contribution in [3.8, 4) is 0 Å². The zero-order valence-corrected chi connectivity index (χ0v) is 11.2. The third-order valence-electron chi connectivity index (χ3n) is 3.72. The van der Waals surface area contributed by atoms with Crippen LogP contribution in [-0.2, 0) is 4.74 Å². The van der Waals surface area contributed by atoms with Gasteiger partial charge in [0.2, 0.25) is 0 Å². The second-order valence-corrected chi connectivity index (χ2v) is 5.33. The van der Waals surface area contributed by atoms with Crippen molar-refractivity contribution in [2.75, 3.05) is 33.4 Å². The number of nitrogens with two attached hydrogens (primary N) is 1. The third-order valence-corrected chi connectivity index (χ3v) is 3.72. The fraction of sp³-hybridized carbons (Fsp3) is 1.00. The Kier molecular flexibility index (Phi) is 5.73. The van der Waals surface area contributed by atoms with Crippen molar-refractivity contribution in [1.29, 1.82) is 0 Å². The van der Waals surface area contributed by atoms with Crippen molar-refractivity contribution in [3.05, 3.63) is 0 Å². The number of rotatable bonds is 9. The molecule has 0 bridgehead atoms. The molecule has 16 heavy (non-hydrogen) atoms. The summed E-state index contributed by atoms with van der Waals surface area (Å²) in [4.78, 5) is 2.59. The van der Waals surface area contributed by atoms with Crippen LogP contribution in [-0.4, -0.2) is 43.8 Å². The molecule has 1 saturated carbocycles. The standard InChI is InChI=1S/C13H28N2O/c1-4-8-15(10-12-5-6-12)13(2,11-14)7-9-16-3/h12H,4-11,14H2,1-3H3. The van der Waals surface area contributed by atoms with Crippen molar-refractivity contribution in [2.24, 2.45) is 11.7 Å². The van der Waals surface area contributed by atoms with Crippen molar-refractivity contribution in [1.82, 2.24) is 4.90 Å². The van der Waals surface area contributed by atoms with E-state index in [9.17, 15) is 0 Å². The van der Waals surface area contributed by atoms with Crippen LogP contribution in [0.4, 0.5) is 0 Å². The quantitative estimate of drug-likeness (QED) is 0.654. The maximum Gasteiger partial charge on any atom is 0.0480 e. The van der Waals surface area contributed by atoms with Crippen LogP contribution in [0.5, 0.6) is 0 Å². The molecule has 1 fully saturated rings. The van der Waals surface area contributed by atoms with E-state index in [1.54, 1.807) is 7.11 Å². The van der Waals surface area contributed by atoms with Crippen LogP contribution in [0.1, 0.15) is 39.5 Å². The van der Waals surface area contributed by atoms with E-state index in [-0.39, 0.29) is 5.54 Å². The molecular formula is C13H28N2O. The molecule has 0 heterocycles. The highest BCUT2D eigenvalue weighted by molar-refractivity contribution is 4.90. The van der Waals surface area contributed by atoms with Gasteiger partial charge < -0.3 is 10.5 Å². The highest BCUT2D eigenvalue weighted by atomic mass is 16.5. The highest BCUT2D eigenvalue weighted by Gasteiger charge is 2.34. The summed E-state index contributed by atoms with van der Waals surface area (Å²) in [6.45, 7) is 8.44. The van der Waals surface area contributed by atoms with E-state index in [1.807, 2.05) is 0 Å². The Hall–Kier alpha value is -0.120. The van der Waals surface area contributed by atoms with Crippen molar-refractivity contribution in [3.63, 3.8) is 0 Å². The first-order valence-electron chi connectivity index (χ1n) is 6.60. The molecule has 1 atom stereocenters. The third kappa shape index (κ3) is 4.04. The minimum Gasteiger partial charge on any atom is -0.385 e. The zero-order valence-electron chi connectivity index (χ0n) is 11.2. The smallest absolute Gasteiger partial charge is 0.0480 e. The number of ether oxygens (including phenoxy) is 1. The van der Waals surface area contributed by atoms with Crippen LogP contribution >= 0.6 is 0 Å². The lowest BCUT2D eigenvalue weighted by molar-refractivity contribution is 0.0643. The van der Waals surface area contributed by atoms with E-state index in [0.717, 1.165) is 32.0 Å². The summed E-state index contributed by atoms with van der Waals surface area (Å²) in [7, 11) is 1.77. The molecule has 2 N–H and O–H groups in total. The number of hydrogen-bond donors (Lipinski definition) is 1. The summed E-state index contributed by atoms with van der Waals surface area (Å²) in [5.74, 6) is 0.931. The van der Waals surface area contributed by atoms with Crippen LogP contribution in [0.2, 0.25) is 0 Å². The monoisotopic (exact) mass is 228 g/mol. The molecular weight excluding hydrogens is 200 g/mol. The van der Waals surface area contributed by atoms with Gasteiger partial charge >= 0.3 is 0 Å². The van der Waals surface area contributed by atoms with Crippen LogP contribution in [0.3, 0.4) is 0 Å². The maximum absolute atomic E-state index is 5.98. The molecule has 0 aromatic heterocycles. The van der Waals surface area contributed by atoms with Crippen molar-refractivity contribution in [2.45, 2.75) is 45.1 Å². The van der Waals surface area contributed by atoms with Gasteiger partial charge in [-0.15, -0.1) is 0 Å². The Bertz CT molecular complexity index is 194. The SMILES string of the molecule is CCCN(CC1CC1)C(C)(CN)CCOC. The maximum atomic E-state index is 5.98. The fourth-order valence-corrected chi connectivity index (χ4v) is 2.17. The topological polar surface area (TPSA) is 38.5 Å². The highest BCUT2D eigenvalue weighted by Crippen LogP contribution is 2.32. The molecule has 3 heteroatoms. The van der Waals surface area contributed by atoms with Gasteiger partial charge in [0.25, 0.3) is 0 Å². The van der Waals surface area contributed by atoms with Gasteiger partial charge in [-0.1, -0.05) is 6.92 Å². The van der Waals surface area contributed by atoms with Crippen LogP contribution in [0.25, 0.3) is 0 Å². The van der Waals surface area contributed by atoms with Crippen LogP contribution in [0.15, 0.2) is 0 Å². The molecule has 1 unspecified atom stereocenters. The molecule has 1 aliphatic carbocycles. The van der Waals surface area contributed by atoms with Gasteiger partial charge in [-0.05, 0) is 45.1 Å². The van der Waals surface area contributed by atoms with Gasteiger partial charge in [-0.25, -0.2) is 0 Å². The molecule has 0 aromatic carbocycles. The van der Waals surface area contributed by atoms with Gasteiger partial charge in [0.1, 0.15) is 0 Å². The normalized spacial score (nSPS) is 20.1. The van der Waals surface area contributed by atoms with Crippen LogP contribution in [0, 0.1) is 5.92 Å². The van der Waals surface area contributed by atoms with Gasteiger partial charge in [0, 0.05) is 32.3 Å². The predicted molar refractivity (Wildman–Crippen MR) is 68.5 cm³/mol. The summed E-state index contributed by atoms with van der Waals surface area (Å²) in [6.07, 6.45) is 5.05. The average molecular weight is 228 g/mol. The summed E-state index contributed by atoms with van der Waals surface area (Å²) in [6, 6.07) is 0. The lowest BCUT2D eigenvalue weighted by Crippen LogP contribution is -2.53. The van der Waals surface area contributed by atoms with Crippen LogP contribution < -0.4 is 5.73 Å². The number of nitrogens with zero attached hydrogens (tertiary/aromatic N) is 1. The lowest BCUT2D eigenvalue weighted by atomic mass is 9.95. The molecule has 0 aliphatic heterocycles. The Morgan fingerprint density at radius 3 is 2.56 bits per heavy atom. The molecule has 96 valence electrons. The summed E-state index contributed by atoms with van der Waals surface area (Å²) >= 11 is 0. The van der Waals surface area contributed by atoms with Crippen molar-refractivity contribution >= 4 is 0 Å². The Labute approximate surface area is 100 Å². The lowest BCUT2D eigenvalue weighted by Gasteiger charge is -2.41. The zero-order chi connectivity index (χ0) is 12.0. The summed E-state index contributed by atoms with van der Waals surface area (Å²) in [5, 5.41) is 0. The van der Waals surface area contributed by atoms with E-state index >= 15 is 0 Å². The Morgan fingerprint density at radius 2 is 2.12 bits per heavy atom. The fourth-order valence-electron chi connectivity index (χ4n) is 2.17. The van der Waals surface area contributed by atoms with Gasteiger partial charge in [0.05, 0.1) is 0 Å². The first-order chi connectivity index (χ1) is 7.66. The van der Waals surface area contributed by atoms with Gasteiger partial charge in [0.15, 0.2) is 0 Å². The molecule has 0 saturated heterocycles. The Morgan fingerprint density at radius 1 is 1.44 bits per heavy atom. The largest absolute Gasteiger partial charge is 0.385 e. The minimum absolute atomic E-state index is 0.120. The van der Waals surface area contributed by atoms with E-state index in [1.165, 1.54) is 25.8 Å². The van der Waals surface area contributed by atoms with Gasteiger partial charge in [-0.2, -0.15) is 0 Å². The molecule has 0 aromatic rings. The van der Waals surface area contributed by atoms with E-state index < -0.39 is 0 Å². The predicted octanol–water partition coefficient (Wildman–Crippen LogP) is 1.86. The molecule has 0 radical (unpaired) electrons. The van der Waals surface area contributed by atoms with Crippen molar-refractivity contribution < 1.29 is 4.74 Å². The first kappa shape index (κ1) is 13.9. The van der Waals surface area contributed by atoms with Gasteiger partial charge in [-0.3, -0.25) is 4.90 Å². The minimum atomic E-state index is 0.120. The molecule has 1 rings (SSSR count). The second-order valence-electron chi connectivity index (χ2n) is 5.33.